The van der Waals surface area contributed by atoms with Crippen molar-refractivity contribution in [1.82, 2.24) is 15.5 Å². The van der Waals surface area contributed by atoms with E-state index in [0.717, 1.165) is 5.56 Å². The maximum atomic E-state index is 12.9. The Bertz CT molecular complexity index is 881. The average molecular weight is 430 g/mol. The molecule has 0 aliphatic carbocycles. The van der Waals surface area contributed by atoms with Crippen molar-refractivity contribution in [3.8, 4) is 11.5 Å². The van der Waals surface area contributed by atoms with E-state index >= 15 is 0 Å². The van der Waals surface area contributed by atoms with Crippen molar-refractivity contribution in [3.63, 3.8) is 0 Å². The summed E-state index contributed by atoms with van der Waals surface area (Å²) in [6.07, 6.45) is 2.21. The van der Waals surface area contributed by atoms with E-state index in [1.165, 1.54) is 0 Å². The van der Waals surface area contributed by atoms with Crippen molar-refractivity contribution in [1.29, 1.82) is 0 Å². The van der Waals surface area contributed by atoms with Crippen LogP contribution in [0.15, 0.2) is 41.0 Å². The number of amides is 3. The number of ether oxygens (including phenoxy) is 2. The summed E-state index contributed by atoms with van der Waals surface area (Å²) in [4.78, 5) is 27.4. The fourth-order valence-corrected chi connectivity index (χ4v) is 3.87. The molecule has 0 saturated carbocycles. The number of piperidine rings is 1. The topological polar surface area (TPSA) is 93.0 Å². The summed E-state index contributed by atoms with van der Waals surface area (Å²) < 4.78 is 16.1. The predicted octanol–water partition coefficient (Wildman–Crippen LogP) is 3.14. The highest BCUT2D eigenvalue weighted by molar-refractivity contribution is 5.81. The summed E-state index contributed by atoms with van der Waals surface area (Å²) >= 11 is 0. The fourth-order valence-electron chi connectivity index (χ4n) is 3.87. The number of methoxy groups -OCH3 is 2. The molecule has 3 rings (SSSR count). The van der Waals surface area contributed by atoms with Crippen molar-refractivity contribution < 1.29 is 23.5 Å². The highest BCUT2D eigenvalue weighted by Gasteiger charge is 2.35. The maximum Gasteiger partial charge on any atom is 0.317 e. The van der Waals surface area contributed by atoms with Gasteiger partial charge in [-0.2, -0.15) is 0 Å². The van der Waals surface area contributed by atoms with Crippen molar-refractivity contribution in [2.24, 2.45) is 5.92 Å². The van der Waals surface area contributed by atoms with Crippen LogP contribution >= 0.6 is 0 Å². The minimum atomic E-state index is -0.334. The molecule has 0 bridgehead atoms. The van der Waals surface area contributed by atoms with Gasteiger partial charge in [-0.15, -0.1) is 0 Å². The molecule has 1 saturated heterocycles. The molecular weight excluding hydrogens is 398 g/mol. The molecule has 0 spiro atoms. The summed E-state index contributed by atoms with van der Waals surface area (Å²) in [5, 5.41) is 5.87. The van der Waals surface area contributed by atoms with Crippen LogP contribution in [0.4, 0.5) is 4.79 Å². The van der Waals surface area contributed by atoms with Crippen LogP contribution < -0.4 is 20.1 Å². The van der Waals surface area contributed by atoms with Crippen LogP contribution in [0, 0.1) is 5.92 Å². The number of rotatable bonds is 7. The van der Waals surface area contributed by atoms with Crippen molar-refractivity contribution in [3.05, 3.63) is 47.9 Å². The first-order valence-electron chi connectivity index (χ1n) is 10.5. The van der Waals surface area contributed by atoms with Gasteiger partial charge in [0.1, 0.15) is 5.76 Å². The van der Waals surface area contributed by atoms with Crippen LogP contribution in [-0.2, 0) is 11.3 Å². The molecular formula is C23H31N3O5. The Labute approximate surface area is 182 Å². The molecule has 1 aliphatic heterocycles. The highest BCUT2D eigenvalue weighted by Crippen LogP contribution is 2.36. The second-order valence-electron chi connectivity index (χ2n) is 8.05. The van der Waals surface area contributed by atoms with Crippen molar-refractivity contribution in [2.45, 2.75) is 38.8 Å². The standard InChI is InChI=1S/C23H31N3O5/c1-15(2)25-23(28)26-13-17(16-7-8-20(29-3)21(11-16)30-4)10-18(14-26)22(27)24-12-19-6-5-9-31-19/h5-9,11,15,17-18H,10,12-14H2,1-4H3,(H,24,27)(H,25,28)/t17-,18+/m1/s1. The van der Waals surface area contributed by atoms with Gasteiger partial charge in [-0.1, -0.05) is 6.07 Å². The van der Waals surface area contributed by atoms with Gasteiger partial charge >= 0.3 is 6.03 Å². The SMILES string of the molecule is COc1ccc([C@@H]2C[C@H](C(=O)NCc3ccco3)CN(C(=O)NC(C)C)C2)cc1OC. The molecule has 2 atom stereocenters. The van der Waals surface area contributed by atoms with Gasteiger partial charge in [0.2, 0.25) is 5.91 Å². The number of nitrogens with zero attached hydrogens (tertiary/aromatic N) is 1. The summed E-state index contributed by atoms with van der Waals surface area (Å²) in [6.45, 7) is 5.05. The summed E-state index contributed by atoms with van der Waals surface area (Å²) in [5.74, 6) is 1.52. The Morgan fingerprint density at radius 2 is 1.94 bits per heavy atom. The summed E-state index contributed by atoms with van der Waals surface area (Å²) in [5.41, 5.74) is 1.00. The fraction of sp³-hybridized carbons (Fsp3) is 0.478. The average Bonchev–Trinajstić information content (AvgIpc) is 3.29. The lowest BCUT2D eigenvalue weighted by Gasteiger charge is -2.37. The van der Waals surface area contributed by atoms with Crippen LogP contribution in [0.25, 0.3) is 0 Å². The Morgan fingerprint density at radius 1 is 1.16 bits per heavy atom. The van der Waals surface area contributed by atoms with E-state index in [1.807, 2.05) is 38.1 Å². The van der Waals surface area contributed by atoms with Crippen LogP contribution in [-0.4, -0.2) is 50.2 Å². The van der Waals surface area contributed by atoms with E-state index in [1.54, 1.807) is 31.4 Å². The molecule has 1 aromatic carbocycles. The van der Waals surface area contributed by atoms with Crippen molar-refractivity contribution in [2.75, 3.05) is 27.3 Å². The van der Waals surface area contributed by atoms with E-state index in [2.05, 4.69) is 10.6 Å². The predicted molar refractivity (Wildman–Crippen MR) is 116 cm³/mol. The molecule has 2 aromatic rings. The molecule has 8 nitrogen and oxygen atoms in total. The van der Waals surface area contributed by atoms with E-state index in [4.69, 9.17) is 13.9 Å². The Kier molecular flexibility index (Phi) is 7.44. The van der Waals surface area contributed by atoms with Gasteiger partial charge < -0.3 is 29.4 Å². The first-order chi connectivity index (χ1) is 14.9. The van der Waals surface area contributed by atoms with E-state index in [0.29, 0.717) is 43.3 Å². The third-order valence-electron chi connectivity index (χ3n) is 5.42. The Hall–Kier alpha value is -3.16. The van der Waals surface area contributed by atoms with E-state index in [-0.39, 0.29) is 29.8 Å². The van der Waals surface area contributed by atoms with E-state index in [9.17, 15) is 9.59 Å². The molecule has 3 amide bonds. The molecule has 0 unspecified atom stereocenters. The first kappa shape index (κ1) is 22.5. The monoisotopic (exact) mass is 429 g/mol. The zero-order valence-electron chi connectivity index (χ0n) is 18.5. The molecule has 2 N–H and O–H groups in total. The Morgan fingerprint density at radius 3 is 2.58 bits per heavy atom. The molecule has 1 fully saturated rings. The largest absolute Gasteiger partial charge is 0.493 e. The first-order valence-corrected chi connectivity index (χ1v) is 10.5. The van der Waals surface area contributed by atoms with Gasteiger partial charge in [0.25, 0.3) is 0 Å². The van der Waals surface area contributed by atoms with Crippen LogP contribution in [0.5, 0.6) is 11.5 Å². The van der Waals surface area contributed by atoms with Gasteiger partial charge in [-0.25, -0.2) is 4.79 Å². The lowest BCUT2D eigenvalue weighted by molar-refractivity contribution is -0.126. The van der Waals surface area contributed by atoms with Gasteiger partial charge in [-0.05, 0) is 50.1 Å². The lowest BCUT2D eigenvalue weighted by atomic mass is 9.84. The van der Waals surface area contributed by atoms with Crippen molar-refractivity contribution >= 4 is 11.9 Å². The quantitative estimate of drug-likeness (QED) is 0.705. The van der Waals surface area contributed by atoms with Gasteiger partial charge in [-0.3, -0.25) is 4.79 Å². The van der Waals surface area contributed by atoms with Crippen LogP contribution in [0.1, 0.15) is 37.5 Å². The Balaban J connectivity index is 1.79. The number of urea groups is 1. The number of hydrogen-bond donors (Lipinski definition) is 2. The molecule has 8 heteroatoms. The summed E-state index contributed by atoms with van der Waals surface area (Å²) in [7, 11) is 3.19. The van der Waals surface area contributed by atoms with Gasteiger partial charge in [0.05, 0.1) is 32.9 Å². The third-order valence-corrected chi connectivity index (χ3v) is 5.42. The van der Waals surface area contributed by atoms with Crippen LogP contribution in [0.3, 0.4) is 0 Å². The molecule has 168 valence electrons. The molecule has 1 aromatic heterocycles. The lowest BCUT2D eigenvalue weighted by Crippen LogP contribution is -2.52. The minimum absolute atomic E-state index is 0.00849. The zero-order valence-corrected chi connectivity index (χ0v) is 18.5. The number of carbonyl (C=O) groups excluding carboxylic acids is 2. The second kappa shape index (κ2) is 10.2. The van der Waals surface area contributed by atoms with Gasteiger partial charge in [0, 0.05) is 25.0 Å². The normalized spacial score (nSPS) is 18.5. The van der Waals surface area contributed by atoms with E-state index < -0.39 is 0 Å². The van der Waals surface area contributed by atoms with Gasteiger partial charge in [0.15, 0.2) is 11.5 Å². The van der Waals surface area contributed by atoms with Crippen LogP contribution in [0.2, 0.25) is 0 Å². The zero-order chi connectivity index (χ0) is 22.4. The smallest absolute Gasteiger partial charge is 0.317 e. The summed E-state index contributed by atoms with van der Waals surface area (Å²) in [6, 6.07) is 9.19. The maximum absolute atomic E-state index is 12.9. The molecule has 1 aliphatic rings. The molecule has 31 heavy (non-hydrogen) atoms. The number of benzene rings is 1. The number of hydrogen-bond acceptors (Lipinski definition) is 5. The number of furan rings is 1. The number of carbonyl (C=O) groups is 2. The second-order valence-corrected chi connectivity index (χ2v) is 8.05. The molecule has 2 heterocycles. The highest BCUT2D eigenvalue weighted by atomic mass is 16.5. The third kappa shape index (κ3) is 5.71. The number of likely N-dealkylation sites (tertiary alicyclic amines) is 1. The minimum Gasteiger partial charge on any atom is -0.493 e. The molecule has 0 radical (unpaired) electrons. The number of nitrogens with one attached hydrogen (secondary N) is 2.